The third-order valence-corrected chi connectivity index (χ3v) is 10.5. The van der Waals surface area contributed by atoms with Gasteiger partial charge in [-0.15, -0.1) is 0 Å². The van der Waals surface area contributed by atoms with Crippen molar-refractivity contribution in [3.05, 3.63) is 75.1 Å². The summed E-state index contributed by atoms with van der Waals surface area (Å²) in [6, 6.07) is 9.26. The maximum Gasteiger partial charge on any atom is 0.267 e. The molecule has 2 unspecified atom stereocenters. The van der Waals surface area contributed by atoms with E-state index in [1.165, 1.54) is 38.5 Å². The Morgan fingerprint density at radius 1 is 0.902 bits per heavy atom. The van der Waals surface area contributed by atoms with Crippen molar-refractivity contribution < 1.29 is 18.0 Å². The number of amides is 2. The number of carbonyl (C=O) groups excluding carboxylic acids is 2. The first-order chi connectivity index (χ1) is 19.4. The number of rotatable bonds is 6. The Labute approximate surface area is 255 Å². The minimum absolute atomic E-state index is 0.0250. The fourth-order valence-corrected chi connectivity index (χ4v) is 7.82. The SMILES string of the molecule is CC(C)N1C=C2N(C(=O)C(N3CCN(C)CC3)CN2S(=O)(=O)c2ccc(Cl)cc2Cl)C(Cc2ccc(Cl)cc2)C1=O. The molecule has 220 valence electrons. The summed E-state index contributed by atoms with van der Waals surface area (Å²) in [6.45, 7) is 6.21. The predicted molar refractivity (Wildman–Crippen MR) is 159 cm³/mol. The van der Waals surface area contributed by atoms with Crippen LogP contribution in [0, 0.1) is 0 Å². The molecule has 2 aromatic rings. The zero-order valence-electron chi connectivity index (χ0n) is 23.0. The van der Waals surface area contributed by atoms with E-state index in [1.54, 1.807) is 12.1 Å². The monoisotopic (exact) mass is 639 g/mol. The number of fused-ring (bicyclic) bond motifs is 1. The van der Waals surface area contributed by atoms with E-state index < -0.39 is 22.1 Å². The van der Waals surface area contributed by atoms with E-state index in [0.29, 0.717) is 23.1 Å². The lowest BCUT2D eigenvalue weighted by atomic mass is 9.98. The van der Waals surface area contributed by atoms with Crippen LogP contribution < -0.4 is 0 Å². The van der Waals surface area contributed by atoms with Gasteiger partial charge in [0.1, 0.15) is 22.8 Å². The summed E-state index contributed by atoms with van der Waals surface area (Å²) in [5.74, 6) is -0.461. The van der Waals surface area contributed by atoms with Crippen LogP contribution in [0.15, 0.2) is 59.4 Å². The minimum Gasteiger partial charge on any atom is -0.311 e. The van der Waals surface area contributed by atoms with Crippen LogP contribution in [-0.4, -0.2) is 102 Å². The van der Waals surface area contributed by atoms with Crippen molar-refractivity contribution in [2.24, 2.45) is 0 Å². The minimum atomic E-state index is -4.27. The number of hydrogen-bond acceptors (Lipinski definition) is 6. The van der Waals surface area contributed by atoms with Crippen molar-refractivity contribution in [3.8, 4) is 0 Å². The molecular formula is C28H32Cl3N5O4S. The van der Waals surface area contributed by atoms with Gasteiger partial charge in [-0.2, -0.15) is 0 Å². The highest BCUT2D eigenvalue weighted by molar-refractivity contribution is 7.89. The Morgan fingerprint density at radius 3 is 2.15 bits per heavy atom. The van der Waals surface area contributed by atoms with Crippen LogP contribution in [0.3, 0.4) is 0 Å². The molecule has 0 aromatic heterocycles. The molecule has 2 fully saturated rings. The Balaban J connectivity index is 1.65. The van der Waals surface area contributed by atoms with Gasteiger partial charge in [-0.1, -0.05) is 46.9 Å². The molecule has 2 amide bonds. The predicted octanol–water partition coefficient (Wildman–Crippen LogP) is 3.76. The standard InChI is InChI=1S/C28H32Cl3N5O4S/c1-18(2)34-17-26-35(41(39,40)25-9-8-21(30)15-22(25)31)16-24(33-12-10-32(3)11-13-33)28(38)36(26)23(27(34)37)14-19-4-6-20(29)7-5-19/h4-9,15,17-18,23-24H,10-14,16H2,1-3H3. The zero-order valence-corrected chi connectivity index (χ0v) is 26.1. The smallest absolute Gasteiger partial charge is 0.267 e. The van der Waals surface area contributed by atoms with Crippen LogP contribution in [-0.2, 0) is 26.0 Å². The molecule has 2 aromatic carbocycles. The average molecular weight is 641 g/mol. The van der Waals surface area contributed by atoms with Crippen molar-refractivity contribution >= 4 is 56.6 Å². The van der Waals surface area contributed by atoms with Crippen LogP contribution >= 0.6 is 34.8 Å². The van der Waals surface area contributed by atoms with Gasteiger partial charge < -0.3 is 9.80 Å². The first-order valence-electron chi connectivity index (χ1n) is 13.4. The van der Waals surface area contributed by atoms with Crippen molar-refractivity contribution in [2.45, 2.75) is 43.3 Å². The van der Waals surface area contributed by atoms with E-state index >= 15 is 0 Å². The molecule has 0 bridgehead atoms. The molecule has 0 N–H and O–H groups in total. The highest BCUT2D eigenvalue weighted by atomic mass is 35.5. The van der Waals surface area contributed by atoms with Gasteiger partial charge in [0.05, 0.1) is 11.6 Å². The highest BCUT2D eigenvalue weighted by Crippen LogP contribution is 2.37. The molecule has 0 spiro atoms. The van der Waals surface area contributed by atoms with Crippen molar-refractivity contribution in [3.63, 3.8) is 0 Å². The lowest BCUT2D eigenvalue weighted by molar-refractivity contribution is -0.153. The fraction of sp³-hybridized carbons (Fsp3) is 0.429. The van der Waals surface area contributed by atoms with Crippen LogP contribution in [0.2, 0.25) is 15.1 Å². The number of halogens is 3. The molecule has 13 heteroatoms. The van der Waals surface area contributed by atoms with Crippen molar-refractivity contribution in [1.82, 2.24) is 23.9 Å². The molecule has 0 radical (unpaired) electrons. The van der Waals surface area contributed by atoms with E-state index in [-0.39, 0.29) is 46.6 Å². The van der Waals surface area contributed by atoms with E-state index in [0.717, 1.165) is 18.7 Å². The number of benzene rings is 2. The molecule has 3 aliphatic heterocycles. The van der Waals surface area contributed by atoms with Gasteiger partial charge >= 0.3 is 0 Å². The molecule has 2 saturated heterocycles. The summed E-state index contributed by atoms with van der Waals surface area (Å²) in [7, 11) is -2.26. The van der Waals surface area contributed by atoms with Gasteiger partial charge in [0.25, 0.3) is 10.0 Å². The molecule has 3 aliphatic rings. The molecule has 0 saturated carbocycles. The maximum absolute atomic E-state index is 14.3. The Hall–Kier alpha value is -2.34. The number of nitrogens with zero attached hydrogens (tertiary/aromatic N) is 5. The summed E-state index contributed by atoms with van der Waals surface area (Å²) in [6.07, 6.45) is 1.66. The third-order valence-electron chi connectivity index (χ3n) is 7.81. The average Bonchev–Trinajstić information content (AvgIpc) is 2.91. The molecule has 9 nitrogen and oxygen atoms in total. The number of piperazine rings is 1. The summed E-state index contributed by atoms with van der Waals surface area (Å²) in [4.78, 5) is 35.1. The lowest BCUT2D eigenvalue weighted by Crippen LogP contribution is -2.68. The number of carbonyl (C=O) groups is 2. The van der Waals surface area contributed by atoms with Crippen molar-refractivity contribution in [2.75, 3.05) is 39.8 Å². The largest absolute Gasteiger partial charge is 0.311 e. The van der Waals surface area contributed by atoms with Crippen LogP contribution in [0.4, 0.5) is 0 Å². The van der Waals surface area contributed by atoms with E-state index in [4.69, 9.17) is 34.8 Å². The highest BCUT2D eigenvalue weighted by Gasteiger charge is 2.51. The third kappa shape index (κ3) is 5.83. The molecular weight excluding hydrogens is 609 g/mol. The zero-order chi connectivity index (χ0) is 29.6. The normalized spacial score (nSPS) is 22.8. The van der Waals surface area contributed by atoms with E-state index in [1.807, 2.05) is 37.9 Å². The number of likely N-dealkylation sites (N-methyl/N-ethyl adjacent to an activating group) is 1. The number of hydrogen-bond donors (Lipinski definition) is 0. The molecule has 2 atom stereocenters. The second-order valence-corrected chi connectivity index (χ2v) is 14.0. The van der Waals surface area contributed by atoms with E-state index in [2.05, 4.69) is 4.90 Å². The van der Waals surface area contributed by atoms with Crippen LogP contribution in [0.25, 0.3) is 0 Å². The molecule has 0 aliphatic carbocycles. The second-order valence-electron chi connectivity index (χ2n) is 10.8. The topological polar surface area (TPSA) is 84.5 Å². The summed E-state index contributed by atoms with van der Waals surface area (Å²) in [5, 5.41) is 0.827. The van der Waals surface area contributed by atoms with Gasteiger partial charge in [-0.05, 0) is 56.8 Å². The van der Waals surface area contributed by atoms with Gasteiger partial charge in [0, 0.05) is 54.9 Å². The molecule has 41 heavy (non-hydrogen) atoms. The van der Waals surface area contributed by atoms with Gasteiger partial charge in [0.2, 0.25) is 11.8 Å². The van der Waals surface area contributed by atoms with Crippen molar-refractivity contribution in [1.29, 1.82) is 0 Å². The van der Waals surface area contributed by atoms with Gasteiger partial charge in [0.15, 0.2) is 0 Å². The van der Waals surface area contributed by atoms with Gasteiger partial charge in [-0.25, -0.2) is 12.7 Å². The summed E-state index contributed by atoms with van der Waals surface area (Å²) in [5.41, 5.74) is 0.794. The summed E-state index contributed by atoms with van der Waals surface area (Å²) < 4.78 is 29.8. The van der Waals surface area contributed by atoms with Gasteiger partial charge in [-0.3, -0.25) is 19.4 Å². The lowest BCUT2D eigenvalue weighted by Gasteiger charge is -2.51. The van der Waals surface area contributed by atoms with Crippen LogP contribution in [0.5, 0.6) is 0 Å². The Morgan fingerprint density at radius 2 is 1.54 bits per heavy atom. The molecule has 5 rings (SSSR count). The Kier molecular flexibility index (Phi) is 8.63. The fourth-order valence-electron chi connectivity index (χ4n) is 5.49. The Bertz CT molecular complexity index is 1480. The summed E-state index contributed by atoms with van der Waals surface area (Å²) >= 11 is 18.6. The first kappa shape index (κ1) is 30.1. The first-order valence-corrected chi connectivity index (χ1v) is 16.0. The quantitative estimate of drug-likeness (QED) is 0.478. The second kappa shape index (κ2) is 11.7. The van der Waals surface area contributed by atoms with Crippen LogP contribution in [0.1, 0.15) is 19.4 Å². The number of sulfonamides is 1. The maximum atomic E-state index is 14.3. The van der Waals surface area contributed by atoms with E-state index in [9.17, 15) is 18.0 Å². The molecule has 3 heterocycles.